The molecule has 2 aromatic heterocycles. The van der Waals surface area contributed by atoms with Crippen LogP contribution in [-0.4, -0.2) is 33.2 Å². The van der Waals surface area contributed by atoms with Crippen LogP contribution in [0, 0.1) is 0 Å². The number of aromatic nitrogens is 4. The largest absolute Gasteiger partial charge is 0.497 e. The Bertz CT molecular complexity index is 864. The fourth-order valence-corrected chi connectivity index (χ4v) is 3.23. The zero-order valence-corrected chi connectivity index (χ0v) is 14.3. The molecule has 1 aliphatic rings. The third-order valence-electron chi connectivity index (χ3n) is 4.54. The van der Waals surface area contributed by atoms with Gasteiger partial charge < -0.3 is 15.8 Å². The van der Waals surface area contributed by atoms with Crippen molar-refractivity contribution in [3.63, 3.8) is 0 Å². The molecule has 4 rings (SSSR count). The molecule has 0 unspecified atom stereocenters. The molecule has 130 valence electrons. The number of nitrogens with one attached hydrogen (secondary N) is 1. The van der Waals surface area contributed by atoms with E-state index in [0.29, 0.717) is 12.2 Å². The van der Waals surface area contributed by atoms with Crippen LogP contribution in [0.2, 0.25) is 0 Å². The van der Waals surface area contributed by atoms with Crippen molar-refractivity contribution >= 4 is 11.5 Å². The molecule has 0 spiro atoms. The Balaban J connectivity index is 1.69. The van der Waals surface area contributed by atoms with Crippen molar-refractivity contribution in [3.8, 4) is 17.0 Å². The first-order valence-electron chi connectivity index (χ1n) is 8.50. The molecule has 0 bridgehead atoms. The van der Waals surface area contributed by atoms with Crippen LogP contribution in [0.5, 0.6) is 5.75 Å². The monoisotopic (exact) mass is 338 g/mol. The van der Waals surface area contributed by atoms with Gasteiger partial charge in [0, 0.05) is 13.1 Å². The number of hydrogen-bond donors (Lipinski definition) is 2. The second-order valence-corrected chi connectivity index (χ2v) is 6.22. The fourth-order valence-electron chi connectivity index (χ4n) is 3.23. The molecule has 3 N–H and O–H groups in total. The van der Waals surface area contributed by atoms with Gasteiger partial charge in [-0.1, -0.05) is 12.1 Å². The van der Waals surface area contributed by atoms with Crippen LogP contribution in [0.4, 0.5) is 11.5 Å². The fraction of sp³-hybridized carbons (Fsp3) is 0.333. The third kappa shape index (κ3) is 2.93. The van der Waals surface area contributed by atoms with Gasteiger partial charge in [0.1, 0.15) is 11.6 Å². The molecule has 0 saturated heterocycles. The highest BCUT2D eigenvalue weighted by Crippen LogP contribution is 2.33. The number of rotatable bonds is 4. The Labute approximate surface area is 146 Å². The molecule has 7 nitrogen and oxygen atoms in total. The maximum Gasteiger partial charge on any atom is 0.133 e. The van der Waals surface area contributed by atoms with Crippen molar-refractivity contribution < 1.29 is 4.74 Å². The molecule has 25 heavy (non-hydrogen) atoms. The van der Waals surface area contributed by atoms with Gasteiger partial charge in [0.15, 0.2) is 0 Å². The Kier molecular flexibility index (Phi) is 4.05. The quantitative estimate of drug-likeness (QED) is 0.764. The number of fused-ring (bicyclic) bond motifs is 1. The molecule has 0 fully saturated rings. The lowest BCUT2D eigenvalue weighted by Gasteiger charge is -2.11. The van der Waals surface area contributed by atoms with E-state index in [9.17, 15) is 0 Å². The van der Waals surface area contributed by atoms with Crippen LogP contribution < -0.4 is 15.8 Å². The number of nitrogens with zero attached hydrogens (tertiary/aromatic N) is 4. The molecule has 3 heterocycles. The summed E-state index contributed by atoms with van der Waals surface area (Å²) in [4.78, 5) is 0. The molecule has 0 atom stereocenters. The lowest BCUT2D eigenvalue weighted by atomic mass is 10.2. The second-order valence-electron chi connectivity index (χ2n) is 6.22. The minimum atomic E-state index is 0.640. The predicted octanol–water partition coefficient (Wildman–Crippen LogP) is 2.59. The van der Waals surface area contributed by atoms with Gasteiger partial charge in [0.2, 0.25) is 0 Å². The van der Waals surface area contributed by atoms with E-state index >= 15 is 0 Å². The maximum absolute atomic E-state index is 6.24. The lowest BCUT2D eigenvalue weighted by Crippen LogP contribution is -2.07. The van der Waals surface area contributed by atoms with Crippen molar-refractivity contribution in [3.05, 3.63) is 42.2 Å². The van der Waals surface area contributed by atoms with Gasteiger partial charge in [-0.3, -0.25) is 4.68 Å². The maximum atomic E-state index is 6.24. The molecular weight excluding hydrogens is 316 g/mol. The highest BCUT2D eigenvalue weighted by atomic mass is 16.5. The lowest BCUT2D eigenvalue weighted by molar-refractivity contribution is 0.414. The molecule has 7 heteroatoms. The van der Waals surface area contributed by atoms with Gasteiger partial charge in [0.25, 0.3) is 0 Å². The van der Waals surface area contributed by atoms with E-state index in [-0.39, 0.29) is 0 Å². The Morgan fingerprint density at radius 3 is 2.80 bits per heavy atom. The van der Waals surface area contributed by atoms with Gasteiger partial charge >= 0.3 is 0 Å². The van der Waals surface area contributed by atoms with E-state index in [1.54, 1.807) is 13.3 Å². The van der Waals surface area contributed by atoms with E-state index in [2.05, 4.69) is 15.5 Å². The summed E-state index contributed by atoms with van der Waals surface area (Å²) in [5.41, 5.74) is 9.95. The molecule has 0 radical (unpaired) electrons. The number of nitrogen functional groups attached to an aromatic ring is 1. The molecule has 0 amide bonds. The van der Waals surface area contributed by atoms with Gasteiger partial charge in [-0.05, 0) is 30.5 Å². The number of methoxy groups -OCH3 is 1. The number of ether oxygens (including phenoxy) is 1. The zero-order valence-electron chi connectivity index (χ0n) is 14.3. The van der Waals surface area contributed by atoms with E-state index < -0.39 is 0 Å². The number of benzene rings is 1. The van der Waals surface area contributed by atoms with Crippen LogP contribution >= 0.6 is 0 Å². The molecule has 3 aromatic rings. The van der Waals surface area contributed by atoms with Gasteiger partial charge in [-0.25, -0.2) is 4.68 Å². The number of anilines is 2. The first kappa shape index (κ1) is 15.6. The van der Waals surface area contributed by atoms with Crippen molar-refractivity contribution in [2.24, 2.45) is 0 Å². The minimum Gasteiger partial charge on any atom is -0.497 e. The number of hydrogen-bond acceptors (Lipinski definition) is 5. The van der Waals surface area contributed by atoms with Gasteiger partial charge in [-0.15, -0.1) is 0 Å². The highest BCUT2D eigenvalue weighted by Gasteiger charge is 2.20. The normalized spacial score (nSPS) is 13.8. The van der Waals surface area contributed by atoms with Crippen molar-refractivity contribution in [1.82, 2.24) is 19.6 Å². The van der Waals surface area contributed by atoms with Crippen LogP contribution in [0.3, 0.4) is 0 Å². The van der Waals surface area contributed by atoms with E-state index in [1.807, 2.05) is 39.8 Å². The van der Waals surface area contributed by atoms with E-state index in [4.69, 9.17) is 10.5 Å². The molecule has 1 aliphatic heterocycles. The average molecular weight is 338 g/mol. The number of aryl methyl sites for hydroxylation is 1. The summed E-state index contributed by atoms with van der Waals surface area (Å²) in [6, 6.07) is 7.99. The Morgan fingerprint density at radius 2 is 2.00 bits per heavy atom. The van der Waals surface area contributed by atoms with Crippen LogP contribution in [-0.2, 0) is 13.1 Å². The highest BCUT2D eigenvalue weighted by molar-refractivity contribution is 5.80. The molecular formula is C18H22N6O. The summed E-state index contributed by atoms with van der Waals surface area (Å²) in [5.74, 6) is 1.87. The minimum absolute atomic E-state index is 0.640. The Morgan fingerprint density at radius 1 is 1.16 bits per heavy atom. The summed E-state index contributed by atoms with van der Waals surface area (Å²) < 4.78 is 9.17. The standard InChI is InChI=1S/C18H22N6O/c1-25-14-6-4-13(5-7-14)12-24-17(16(19)11-22-24)15-10-21-23-9-3-2-8-20-18(15)23/h4-7,10-11,20H,2-3,8-9,12,19H2,1H3. The van der Waals surface area contributed by atoms with E-state index in [1.165, 1.54) is 0 Å². The summed E-state index contributed by atoms with van der Waals surface area (Å²) in [6.45, 7) is 2.52. The van der Waals surface area contributed by atoms with Crippen LogP contribution in [0.15, 0.2) is 36.7 Å². The molecule has 0 aliphatic carbocycles. The molecule has 1 aromatic carbocycles. The summed E-state index contributed by atoms with van der Waals surface area (Å²) >= 11 is 0. The van der Waals surface area contributed by atoms with Crippen molar-refractivity contribution in [2.45, 2.75) is 25.9 Å². The SMILES string of the molecule is COc1ccc(Cn2ncc(N)c2-c2cnn3c2NCCCC3)cc1. The summed E-state index contributed by atoms with van der Waals surface area (Å²) in [6.07, 6.45) is 5.86. The Hall–Kier alpha value is -2.96. The molecule has 0 saturated carbocycles. The van der Waals surface area contributed by atoms with Crippen LogP contribution in [0.25, 0.3) is 11.3 Å². The van der Waals surface area contributed by atoms with Crippen molar-refractivity contribution in [2.75, 3.05) is 24.7 Å². The van der Waals surface area contributed by atoms with Crippen LogP contribution in [0.1, 0.15) is 18.4 Å². The second kappa shape index (κ2) is 6.51. The summed E-state index contributed by atoms with van der Waals surface area (Å²) in [5, 5.41) is 12.5. The van der Waals surface area contributed by atoms with Crippen molar-refractivity contribution in [1.29, 1.82) is 0 Å². The predicted molar refractivity (Wildman–Crippen MR) is 97.7 cm³/mol. The first-order chi connectivity index (χ1) is 12.3. The average Bonchev–Trinajstić information content (AvgIpc) is 3.09. The smallest absolute Gasteiger partial charge is 0.133 e. The van der Waals surface area contributed by atoms with Gasteiger partial charge in [0.05, 0.1) is 43.0 Å². The topological polar surface area (TPSA) is 82.9 Å². The van der Waals surface area contributed by atoms with Gasteiger partial charge in [-0.2, -0.15) is 10.2 Å². The first-order valence-corrected chi connectivity index (χ1v) is 8.50. The summed E-state index contributed by atoms with van der Waals surface area (Å²) in [7, 11) is 1.67. The van der Waals surface area contributed by atoms with E-state index in [0.717, 1.165) is 54.3 Å². The number of nitrogens with two attached hydrogens (primary N) is 1. The third-order valence-corrected chi connectivity index (χ3v) is 4.54. The zero-order chi connectivity index (χ0) is 17.2.